The highest BCUT2D eigenvalue weighted by Gasteiger charge is 2.45. The van der Waals surface area contributed by atoms with E-state index in [0.717, 1.165) is 10.0 Å². The van der Waals surface area contributed by atoms with E-state index >= 15 is 0 Å². The monoisotopic (exact) mass is 325 g/mol. The fraction of sp³-hybridized carbons (Fsp3) is 0.429. The maximum atomic E-state index is 11.6. The Morgan fingerprint density at radius 3 is 2.74 bits per heavy atom. The fourth-order valence-electron chi connectivity index (χ4n) is 2.57. The van der Waals surface area contributed by atoms with Crippen LogP contribution in [0.4, 0.5) is 0 Å². The summed E-state index contributed by atoms with van der Waals surface area (Å²) in [5, 5.41) is 9.54. The number of carboxylic acid groups (broad SMARTS) is 1. The second kappa shape index (κ2) is 5.33. The van der Waals surface area contributed by atoms with Gasteiger partial charge in [0.05, 0.1) is 5.41 Å². The summed E-state index contributed by atoms with van der Waals surface area (Å²) in [6.45, 7) is 2.30. The Kier molecular flexibility index (Phi) is 3.94. The first-order chi connectivity index (χ1) is 8.93. The van der Waals surface area contributed by atoms with Gasteiger partial charge in [-0.25, -0.2) is 0 Å². The minimum Gasteiger partial charge on any atom is -0.481 e. The van der Waals surface area contributed by atoms with Crippen LogP contribution in [0.25, 0.3) is 0 Å². The predicted molar refractivity (Wildman–Crippen MR) is 74.8 cm³/mol. The molecule has 5 heteroatoms. The van der Waals surface area contributed by atoms with Gasteiger partial charge < -0.3 is 10.0 Å². The van der Waals surface area contributed by atoms with Crippen molar-refractivity contribution in [1.82, 2.24) is 4.90 Å². The van der Waals surface area contributed by atoms with Gasteiger partial charge in [-0.3, -0.25) is 9.59 Å². The smallest absolute Gasteiger partial charge is 0.311 e. The van der Waals surface area contributed by atoms with Crippen LogP contribution < -0.4 is 0 Å². The van der Waals surface area contributed by atoms with Crippen molar-refractivity contribution in [2.24, 2.45) is 5.41 Å². The van der Waals surface area contributed by atoms with Crippen LogP contribution in [0.5, 0.6) is 0 Å². The van der Waals surface area contributed by atoms with Crippen LogP contribution in [-0.2, 0) is 16.0 Å². The van der Waals surface area contributed by atoms with Gasteiger partial charge in [-0.2, -0.15) is 0 Å². The van der Waals surface area contributed by atoms with Gasteiger partial charge in [-0.05, 0) is 30.5 Å². The van der Waals surface area contributed by atoms with Crippen LogP contribution in [0.15, 0.2) is 28.7 Å². The molecule has 0 radical (unpaired) electrons. The van der Waals surface area contributed by atoms with E-state index in [1.165, 1.54) is 6.92 Å². The molecule has 102 valence electrons. The van der Waals surface area contributed by atoms with E-state index < -0.39 is 11.4 Å². The average Bonchev–Trinajstić information content (AvgIpc) is 2.75. The highest BCUT2D eigenvalue weighted by atomic mass is 79.9. The Labute approximate surface area is 120 Å². The summed E-state index contributed by atoms with van der Waals surface area (Å²) in [4.78, 5) is 24.6. The zero-order valence-corrected chi connectivity index (χ0v) is 12.3. The Bertz CT molecular complexity index is 517. The molecule has 1 aromatic rings. The molecule has 1 aromatic carbocycles. The molecule has 19 heavy (non-hydrogen) atoms. The molecule has 1 aliphatic heterocycles. The molecule has 0 saturated carbocycles. The average molecular weight is 326 g/mol. The van der Waals surface area contributed by atoms with Crippen LogP contribution >= 0.6 is 15.9 Å². The van der Waals surface area contributed by atoms with Gasteiger partial charge in [0.2, 0.25) is 5.91 Å². The topological polar surface area (TPSA) is 57.6 Å². The predicted octanol–water partition coefficient (Wildman–Crippen LogP) is 2.31. The molecule has 1 aliphatic rings. The first-order valence-corrected chi connectivity index (χ1v) is 6.96. The van der Waals surface area contributed by atoms with Crippen molar-refractivity contribution < 1.29 is 14.7 Å². The van der Waals surface area contributed by atoms with Crippen molar-refractivity contribution in [3.05, 3.63) is 34.3 Å². The summed E-state index contributed by atoms with van der Waals surface area (Å²) in [7, 11) is 0. The number of aliphatic carboxylic acids is 1. The molecule has 1 heterocycles. The van der Waals surface area contributed by atoms with E-state index in [1.54, 1.807) is 4.90 Å². The van der Waals surface area contributed by atoms with Crippen LogP contribution in [0.2, 0.25) is 0 Å². The molecule has 1 N–H and O–H groups in total. The zero-order chi connectivity index (χ0) is 14.0. The second-order valence-electron chi connectivity index (χ2n) is 5.08. The molecule has 0 aliphatic carbocycles. The lowest BCUT2D eigenvalue weighted by Crippen LogP contribution is -2.37. The van der Waals surface area contributed by atoms with E-state index in [4.69, 9.17) is 0 Å². The number of carboxylic acids is 1. The molecular formula is C14H16BrNO3. The van der Waals surface area contributed by atoms with Gasteiger partial charge >= 0.3 is 5.97 Å². The molecular weight excluding hydrogens is 310 g/mol. The molecule has 0 bridgehead atoms. The van der Waals surface area contributed by atoms with Gasteiger partial charge in [0, 0.05) is 24.5 Å². The van der Waals surface area contributed by atoms with Gasteiger partial charge in [0.25, 0.3) is 0 Å². The standard InChI is InChI=1S/C14H16BrNO3/c1-10(17)16-6-5-14(9-16,13(18)19)8-11-3-2-4-12(15)7-11/h2-4,7H,5-6,8-9H2,1H3,(H,18,19). The number of rotatable bonds is 3. The molecule has 1 amide bonds. The Balaban J connectivity index is 2.22. The summed E-state index contributed by atoms with van der Waals surface area (Å²) in [5.74, 6) is -0.881. The Hall–Kier alpha value is -1.36. The maximum absolute atomic E-state index is 11.6. The first kappa shape index (κ1) is 14.1. The van der Waals surface area contributed by atoms with Crippen molar-refractivity contribution in [2.45, 2.75) is 19.8 Å². The third-order valence-corrected chi connectivity index (χ3v) is 4.18. The maximum Gasteiger partial charge on any atom is 0.311 e. The molecule has 0 aromatic heterocycles. The Morgan fingerprint density at radius 2 is 2.21 bits per heavy atom. The van der Waals surface area contributed by atoms with E-state index in [-0.39, 0.29) is 5.91 Å². The SMILES string of the molecule is CC(=O)N1CCC(Cc2cccc(Br)c2)(C(=O)O)C1. The lowest BCUT2D eigenvalue weighted by molar-refractivity contribution is -0.148. The number of amides is 1. The van der Waals surface area contributed by atoms with Gasteiger partial charge in [0.1, 0.15) is 0 Å². The molecule has 4 nitrogen and oxygen atoms in total. The zero-order valence-electron chi connectivity index (χ0n) is 10.7. The van der Waals surface area contributed by atoms with E-state index in [9.17, 15) is 14.7 Å². The molecule has 1 fully saturated rings. The highest BCUT2D eigenvalue weighted by molar-refractivity contribution is 9.10. The highest BCUT2D eigenvalue weighted by Crippen LogP contribution is 2.35. The number of hydrogen-bond acceptors (Lipinski definition) is 2. The van der Waals surface area contributed by atoms with Gasteiger partial charge in [-0.15, -0.1) is 0 Å². The van der Waals surface area contributed by atoms with E-state index in [2.05, 4.69) is 15.9 Å². The van der Waals surface area contributed by atoms with Crippen molar-refractivity contribution in [3.63, 3.8) is 0 Å². The molecule has 2 rings (SSSR count). The number of likely N-dealkylation sites (tertiary alicyclic amines) is 1. The van der Waals surface area contributed by atoms with Crippen molar-refractivity contribution >= 4 is 27.8 Å². The molecule has 1 unspecified atom stereocenters. The van der Waals surface area contributed by atoms with Crippen LogP contribution in [0, 0.1) is 5.41 Å². The number of halogens is 1. The normalized spacial score (nSPS) is 22.5. The first-order valence-electron chi connectivity index (χ1n) is 6.16. The van der Waals surface area contributed by atoms with Gasteiger partial charge in [0.15, 0.2) is 0 Å². The lowest BCUT2D eigenvalue weighted by Gasteiger charge is -2.24. The largest absolute Gasteiger partial charge is 0.481 e. The summed E-state index contributed by atoms with van der Waals surface area (Å²) < 4.78 is 0.937. The summed E-state index contributed by atoms with van der Waals surface area (Å²) in [6.07, 6.45) is 0.958. The van der Waals surface area contributed by atoms with E-state index in [1.807, 2.05) is 24.3 Å². The van der Waals surface area contributed by atoms with Crippen LogP contribution in [0.1, 0.15) is 18.9 Å². The van der Waals surface area contributed by atoms with Crippen molar-refractivity contribution in [3.8, 4) is 0 Å². The van der Waals surface area contributed by atoms with Gasteiger partial charge in [-0.1, -0.05) is 28.1 Å². The van der Waals surface area contributed by atoms with Crippen LogP contribution in [0.3, 0.4) is 0 Å². The second-order valence-corrected chi connectivity index (χ2v) is 6.00. The third kappa shape index (κ3) is 2.97. The third-order valence-electron chi connectivity index (χ3n) is 3.68. The summed E-state index contributed by atoms with van der Waals surface area (Å²) >= 11 is 3.39. The quantitative estimate of drug-likeness (QED) is 0.927. The number of benzene rings is 1. The molecule has 0 spiro atoms. The summed E-state index contributed by atoms with van der Waals surface area (Å²) in [6, 6.07) is 7.66. The number of carbonyl (C=O) groups is 2. The lowest BCUT2D eigenvalue weighted by atomic mass is 9.81. The number of nitrogens with zero attached hydrogens (tertiary/aromatic N) is 1. The number of hydrogen-bond donors (Lipinski definition) is 1. The minimum absolute atomic E-state index is 0.0580. The van der Waals surface area contributed by atoms with Crippen LogP contribution in [-0.4, -0.2) is 35.0 Å². The molecule has 1 atom stereocenters. The fourth-order valence-corrected chi connectivity index (χ4v) is 3.02. The summed E-state index contributed by atoms with van der Waals surface area (Å²) in [5.41, 5.74) is 0.120. The number of carbonyl (C=O) groups excluding carboxylic acids is 1. The van der Waals surface area contributed by atoms with Crippen molar-refractivity contribution in [2.75, 3.05) is 13.1 Å². The van der Waals surface area contributed by atoms with Crippen molar-refractivity contribution in [1.29, 1.82) is 0 Å². The molecule has 1 saturated heterocycles. The minimum atomic E-state index is -0.855. The Morgan fingerprint density at radius 1 is 1.47 bits per heavy atom. The van der Waals surface area contributed by atoms with E-state index in [0.29, 0.717) is 25.9 Å².